The van der Waals surface area contributed by atoms with E-state index in [2.05, 4.69) is 5.32 Å². The molecule has 1 unspecified atom stereocenters. The molecular weight excluding hydrogens is 292 g/mol. The zero-order chi connectivity index (χ0) is 16.7. The zero-order valence-electron chi connectivity index (χ0n) is 12.7. The van der Waals surface area contributed by atoms with E-state index < -0.39 is 17.5 Å². The van der Waals surface area contributed by atoms with Crippen molar-refractivity contribution in [3.8, 4) is 0 Å². The first-order valence-electron chi connectivity index (χ1n) is 7.05. The van der Waals surface area contributed by atoms with Gasteiger partial charge in [-0.15, -0.1) is 0 Å². The Morgan fingerprint density at radius 1 is 1.36 bits per heavy atom. The molecule has 0 aliphatic heterocycles. The van der Waals surface area contributed by atoms with Crippen molar-refractivity contribution < 1.29 is 18.4 Å². The highest BCUT2D eigenvalue weighted by Crippen LogP contribution is 2.09. The van der Waals surface area contributed by atoms with Gasteiger partial charge < -0.3 is 16.0 Å². The molecule has 122 valence electrons. The van der Waals surface area contributed by atoms with Gasteiger partial charge in [0.15, 0.2) is 0 Å². The van der Waals surface area contributed by atoms with Crippen LogP contribution in [0, 0.1) is 11.6 Å². The maximum absolute atomic E-state index is 13.4. The molecule has 0 spiro atoms. The van der Waals surface area contributed by atoms with E-state index in [-0.39, 0.29) is 30.5 Å². The molecule has 2 amide bonds. The highest BCUT2D eigenvalue weighted by atomic mass is 19.1. The SMILES string of the molecule is CC(CN)N(C)C(=O)CCCNC(=O)c1ccc(F)cc1F. The van der Waals surface area contributed by atoms with Crippen LogP contribution in [0.25, 0.3) is 0 Å². The topological polar surface area (TPSA) is 75.4 Å². The smallest absolute Gasteiger partial charge is 0.254 e. The molecule has 3 N–H and O–H groups in total. The molecule has 1 aromatic rings. The Morgan fingerprint density at radius 2 is 2.05 bits per heavy atom. The van der Waals surface area contributed by atoms with Crippen molar-refractivity contribution in [1.29, 1.82) is 0 Å². The summed E-state index contributed by atoms with van der Waals surface area (Å²) in [6.07, 6.45) is 0.683. The van der Waals surface area contributed by atoms with Crippen LogP contribution in [0.4, 0.5) is 8.78 Å². The van der Waals surface area contributed by atoms with Crippen LogP contribution < -0.4 is 11.1 Å². The van der Waals surface area contributed by atoms with Crippen LogP contribution in [0.1, 0.15) is 30.1 Å². The molecule has 5 nitrogen and oxygen atoms in total. The van der Waals surface area contributed by atoms with E-state index in [1.54, 1.807) is 11.9 Å². The molecule has 22 heavy (non-hydrogen) atoms. The van der Waals surface area contributed by atoms with Gasteiger partial charge in [-0.25, -0.2) is 8.78 Å². The number of nitrogens with two attached hydrogens (primary N) is 1. The number of carbonyl (C=O) groups excluding carboxylic acids is 2. The van der Waals surface area contributed by atoms with E-state index in [0.717, 1.165) is 12.1 Å². The van der Waals surface area contributed by atoms with Crippen molar-refractivity contribution in [2.24, 2.45) is 5.73 Å². The summed E-state index contributed by atoms with van der Waals surface area (Å²) < 4.78 is 26.2. The van der Waals surface area contributed by atoms with E-state index in [9.17, 15) is 18.4 Å². The van der Waals surface area contributed by atoms with Gasteiger partial charge in [0.1, 0.15) is 11.6 Å². The van der Waals surface area contributed by atoms with Gasteiger partial charge in [0.2, 0.25) is 5.91 Å². The lowest BCUT2D eigenvalue weighted by molar-refractivity contribution is -0.131. The van der Waals surface area contributed by atoms with E-state index >= 15 is 0 Å². The maximum Gasteiger partial charge on any atom is 0.254 e. The lowest BCUT2D eigenvalue weighted by atomic mass is 10.2. The first-order valence-corrected chi connectivity index (χ1v) is 7.05. The van der Waals surface area contributed by atoms with Crippen molar-refractivity contribution in [2.75, 3.05) is 20.1 Å². The Labute approximate surface area is 128 Å². The van der Waals surface area contributed by atoms with Crippen molar-refractivity contribution in [3.63, 3.8) is 0 Å². The summed E-state index contributed by atoms with van der Waals surface area (Å²) in [6, 6.07) is 2.71. The first kappa shape index (κ1) is 18.0. The van der Waals surface area contributed by atoms with Gasteiger partial charge in [-0.1, -0.05) is 0 Å². The predicted octanol–water partition coefficient (Wildman–Crippen LogP) is 1.28. The molecule has 1 atom stereocenters. The normalized spacial score (nSPS) is 11.9. The van der Waals surface area contributed by atoms with Gasteiger partial charge >= 0.3 is 0 Å². The summed E-state index contributed by atoms with van der Waals surface area (Å²) >= 11 is 0. The van der Waals surface area contributed by atoms with Gasteiger partial charge in [0.05, 0.1) is 5.56 Å². The maximum atomic E-state index is 13.4. The molecule has 0 aliphatic carbocycles. The highest BCUT2D eigenvalue weighted by molar-refractivity contribution is 5.94. The highest BCUT2D eigenvalue weighted by Gasteiger charge is 2.15. The fraction of sp³-hybridized carbons (Fsp3) is 0.467. The Bertz CT molecular complexity index is 538. The Morgan fingerprint density at radius 3 is 2.64 bits per heavy atom. The van der Waals surface area contributed by atoms with Crippen LogP contribution in [0.2, 0.25) is 0 Å². The summed E-state index contributed by atoms with van der Waals surface area (Å²) in [4.78, 5) is 25.1. The number of rotatable bonds is 7. The molecule has 0 heterocycles. The van der Waals surface area contributed by atoms with Crippen molar-refractivity contribution >= 4 is 11.8 Å². The average Bonchev–Trinajstić information content (AvgIpc) is 2.49. The number of hydrogen-bond donors (Lipinski definition) is 2. The van der Waals surface area contributed by atoms with Gasteiger partial charge in [-0.05, 0) is 25.5 Å². The number of amides is 2. The molecular formula is C15H21F2N3O2. The van der Waals surface area contributed by atoms with Gasteiger partial charge in [0.25, 0.3) is 5.91 Å². The van der Waals surface area contributed by atoms with Crippen LogP contribution >= 0.6 is 0 Å². The standard InChI is InChI=1S/C15H21F2N3O2/c1-10(9-18)20(2)14(21)4-3-7-19-15(22)12-6-5-11(16)8-13(12)17/h5-6,8,10H,3-4,7,9,18H2,1-2H3,(H,19,22). The summed E-state index contributed by atoms with van der Waals surface area (Å²) in [7, 11) is 1.67. The summed E-state index contributed by atoms with van der Waals surface area (Å²) in [6.45, 7) is 2.45. The van der Waals surface area contributed by atoms with E-state index in [1.165, 1.54) is 0 Å². The van der Waals surface area contributed by atoms with Crippen molar-refractivity contribution in [1.82, 2.24) is 10.2 Å². The zero-order valence-corrected chi connectivity index (χ0v) is 12.7. The fourth-order valence-electron chi connectivity index (χ4n) is 1.79. The third-order valence-electron chi connectivity index (χ3n) is 3.42. The minimum Gasteiger partial charge on any atom is -0.352 e. The molecule has 0 aromatic heterocycles. The molecule has 0 saturated carbocycles. The first-order chi connectivity index (χ1) is 10.4. The number of hydrogen-bond acceptors (Lipinski definition) is 3. The Balaban J connectivity index is 2.38. The van der Waals surface area contributed by atoms with Crippen LogP contribution in [0.15, 0.2) is 18.2 Å². The molecule has 7 heteroatoms. The molecule has 1 aromatic carbocycles. The van der Waals surface area contributed by atoms with Crippen LogP contribution in [0.5, 0.6) is 0 Å². The quantitative estimate of drug-likeness (QED) is 0.745. The molecule has 0 bridgehead atoms. The second-order valence-corrected chi connectivity index (χ2v) is 5.07. The summed E-state index contributed by atoms with van der Waals surface area (Å²) in [5.41, 5.74) is 5.26. The van der Waals surface area contributed by atoms with Gasteiger partial charge in [0, 0.05) is 38.7 Å². The van der Waals surface area contributed by atoms with E-state index in [1.807, 2.05) is 6.92 Å². The van der Waals surface area contributed by atoms with Crippen molar-refractivity contribution in [3.05, 3.63) is 35.4 Å². The molecule has 0 fully saturated rings. The lowest BCUT2D eigenvalue weighted by Crippen LogP contribution is -2.39. The number of carbonyl (C=O) groups is 2. The van der Waals surface area contributed by atoms with E-state index in [4.69, 9.17) is 5.73 Å². The Hall–Kier alpha value is -2.02. The van der Waals surface area contributed by atoms with Gasteiger partial charge in [-0.3, -0.25) is 9.59 Å². The largest absolute Gasteiger partial charge is 0.352 e. The third kappa shape index (κ3) is 5.07. The lowest BCUT2D eigenvalue weighted by Gasteiger charge is -2.23. The van der Waals surface area contributed by atoms with Crippen LogP contribution in [-0.4, -0.2) is 42.9 Å². The molecule has 0 aliphatic rings. The number of nitrogens with one attached hydrogen (secondary N) is 1. The average molecular weight is 313 g/mol. The fourth-order valence-corrected chi connectivity index (χ4v) is 1.79. The predicted molar refractivity (Wildman–Crippen MR) is 79.2 cm³/mol. The monoisotopic (exact) mass is 313 g/mol. The molecule has 0 saturated heterocycles. The minimum atomic E-state index is -0.912. The number of nitrogens with zero attached hydrogens (tertiary/aromatic N) is 1. The van der Waals surface area contributed by atoms with Gasteiger partial charge in [-0.2, -0.15) is 0 Å². The number of halogens is 2. The molecule has 0 radical (unpaired) electrons. The summed E-state index contributed by atoms with van der Waals surface area (Å²) in [5.74, 6) is -2.35. The van der Waals surface area contributed by atoms with Crippen molar-refractivity contribution in [2.45, 2.75) is 25.8 Å². The van der Waals surface area contributed by atoms with Crippen LogP contribution in [-0.2, 0) is 4.79 Å². The number of benzene rings is 1. The van der Waals surface area contributed by atoms with Crippen LogP contribution in [0.3, 0.4) is 0 Å². The minimum absolute atomic E-state index is 0.0459. The number of likely N-dealkylation sites (N-methyl/N-ethyl adjacent to an activating group) is 1. The molecule has 1 rings (SSSR count). The second-order valence-electron chi connectivity index (χ2n) is 5.07. The Kier molecular flexibility index (Phi) is 6.91. The third-order valence-corrected chi connectivity index (χ3v) is 3.42. The van der Waals surface area contributed by atoms with E-state index in [0.29, 0.717) is 19.0 Å². The second kappa shape index (κ2) is 8.43. The summed E-state index contributed by atoms with van der Waals surface area (Å²) in [5, 5.41) is 2.50.